The summed E-state index contributed by atoms with van der Waals surface area (Å²) in [4.78, 5) is 10.7. The Labute approximate surface area is 53.6 Å². The molecular weight excluding hydrogens is 118 g/mol. The minimum absolute atomic E-state index is 0.0783. The van der Waals surface area contributed by atoms with Gasteiger partial charge in [0, 0.05) is 12.6 Å². The Bertz CT molecular complexity index is 125. The molecule has 0 saturated carbocycles. The smallest absolute Gasteiger partial charge is 0.237 e. The van der Waals surface area contributed by atoms with E-state index >= 15 is 0 Å². The minimum Gasteiger partial charge on any atom is -0.351 e. The molecule has 1 aliphatic heterocycles. The van der Waals surface area contributed by atoms with Gasteiger partial charge in [0.15, 0.2) is 0 Å². The van der Waals surface area contributed by atoms with Crippen LogP contribution in [0.25, 0.3) is 0 Å². The predicted octanol–water partition coefficient (Wildman–Crippen LogP) is -1.84. The standard InChI is InChI=1S/C5H11N3O/c6-2-3-1-4(7)5(9)8-3/h3-4H,1-2,6-7H2,(H,8,9). The van der Waals surface area contributed by atoms with E-state index in [2.05, 4.69) is 5.32 Å². The van der Waals surface area contributed by atoms with Crippen LogP contribution in [0.15, 0.2) is 0 Å². The van der Waals surface area contributed by atoms with Gasteiger partial charge < -0.3 is 16.8 Å². The SMILES string of the molecule is NCC1CC(N)C(=O)N1. The van der Waals surface area contributed by atoms with E-state index in [4.69, 9.17) is 11.5 Å². The van der Waals surface area contributed by atoms with Crippen molar-refractivity contribution in [3.05, 3.63) is 0 Å². The van der Waals surface area contributed by atoms with Crippen molar-refractivity contribution in [1.82, 2.24) is 5.32 Å². The van der Waals surface area contributed by atoms with E-state index in [0.717, 1.165) is 0 Å². The van der Waals surface area contributed by atoms with Gasteiger partial charge in [-0.25, -0.2) is 0 Å². The molecular formula is C5H11N3O. The number of amides is 1. The van der Waals surface area contributed by atoms with E-state index in [0.29, 0.717) is 13.0 Å². The normalized spacial score (nSPS) is 34.7. The van der Waals surface area contributed by atoms with Crippen LogP contribution in [0.2, 0.25) is 0 Å². The zero-order chi connectivity index (χ0) is 6.85. The predicted molar refractivity (Wildman–Crippen MR) is 33.6 cm³/mol. The second-order valence-electron chi connectivity index (χ2n) is 2.28. The summed E-state index contributed by atoms with van der Waals surface area (Å²) in [6.45, 7) is 0.486. The summed E-state index contributed by atoms with van der Waals surface area (Å²) in [7, 11) is 0. The molecule has 1 aliphatic rings. The lowest BCUT2D eigenvalue weighted by Gasteiger charge is -2.02. The van der Waals surface area contributed by atoms with Crippen molar-refractivity contribution in [3.8, 4) is 0 Å². The molecule has 52 valence electrons. The van der Waals surface area contributed by atoms with E-state index in [1.807, 2.05) is 0 Å². The minimum atomic E-state index is -0.335. The van der Waals surface area contributed by atoms with Crippen LogP contribution in [-0.4, -0.2) is 24.5 Å². The van der Waals surface area contributed by atoms with Crippen LogP contribution < -0.4 is 16.8 Å². The Morgan fingerprint density at radius 3 is 2.67 bits per heavy atom. The fourth-order valence-corrected chi connectivity index (χ4v) is 0.936. The lowest BCUT2D eigenvalue weighted by molar-refractivity contribution is -0.120. The zero-order valence-electron chi connectivity index (χ0n) is 5.13. The van der Waals surface area contributed by atoms with Gasteiger partial charge in [0.2, 0.25) is 5.91 Å². The van der Waals surface area contributed by atoms with Crippen LogP contribution in [0.5, 0.6) is 0 Å². The average molecular weight is 129 g/mol. The third-order valence-corrected chi connectivity index (χ3v) is 1.51. The highest BCUT2D eigenvalue weighted by atomic mass is 16.2. The molecule has 0 aromatic rings. The Balaban J connectivity index is 2.44. The molecule has 2 atom stereocenters. The maximum atomic E-state index is 10.7. The Kier molecular flexibility index (Phi) is 1.68. The summed E-state index contributed by atoms with van der Waals surface area (Å²) < 4.78 is 0. The number of carbonyl (C=O) groups is 1. The van der Waals surface area contributed by atoms with E-state index in [-0.39, 0.29) is 18.0 Å². The number of rotatable bonds is 1. The van der Waals surface area contributed by atoms with Gasteiger partial charge in [-0.15, -0.1) is 0 Å². The fraction of sp³-hybridized carbons (Fsp3) is 0.800. The van der Waals surface area contributed by atoms with Crippen LogP contribution in [0.4, 0.5) is 0 Å². The highest BCUT2D eigenvalue weighted by molar-refractivity contribution is 5.84. The van der Waals surface area contributed by atoms with E-state index in [1.165, 1.54) is 0 Å². The van der Waals surface area contributed by atoms with Crippen LogP contribution in [-0.2, 0) is 4.79 Å². The van der Waals surface area contributed by atoms with Crippen LogP contribution in [0.3, 0.4) is 0 Å². The molecule has 1 saturated heterocycles. The highest BCUT2D eigenvalue weighted by Crippen LogP contribution is 2.02. The van der Waals surface area contributed by atoms with Gasteiger partial charge in [0.1, 0.15) is 0 Å². The molecule has 4 heteroatoms. The molecule has 0 spiro atoms. The van der Waals surface area contributed by atoms with Gasteiger partial charge >= 0.3 is 0 Å². The third-order valence-electron chi connectivity index (χ3n) is 1.51. The Morgan fingerprint density at radius 1 is 1.78 bits per heavy atom. The van der Waals surface area contributed by atoms with E-state index in [1.54, 1.807) is 0 Å². The number of nitrogens with one attached hydrogen (secondary N) is 1. The molecule has 5 N–H and O–H groups in total. The molecule has 4 nitrogen and oxygen atoms in total. The number of hydrogen-bond donors (Lipinski definition) is 3. The largest absolute Gasteiger partial charge is 0.351 e. The molecule has 1 amide bonds. The van der Waals surface area contributed by atoms with E-state index in [9.17, 15) is 4.79 Å². The lowest BCUT2D eigenvalue weighted by Crippen LogP contribution is -2.34. The summed E-state index contributed by atoms with van der Waals surface area (Å²) in [5, 5.41) is 2.66. The number of carbonyl (C=O) groups excluding carboxylic acids is 1. The Hall–Kier alpha value is -0.610. The molecule has 0 bridgehead atoms. The Morgan fingerprint density at radius 2 is 2.44 bits per heavy atom. The van der Waals surface area contributed by atoms with Gasteiger partial charge in [-0.1, -0.05) is 0 Å². The molecule has 0 aromatic carbocycles. The van der Waals surface area contributed by atoms with Crippen LogP contribution in [0.1, 0.15) is 6.42 Å². The van der Waals surface area contributed by atoms with Crippen LogP contribution in [0, 0.1) is 0 Å². The first-order valence-electron chi connectivity index (χ1n) is 3.00. The maximum absolute atomic E-state index is 10.7. The lowest BCUT2D eigenvalue weighted by atomic mass is 10.2. The van der Waals surface area contributed by atoms with Crippen molar-refractivity contribution >= 4 is 5.91 Å². The van der Waals surface area contributed by atoms with Crippen molar-refractivity contribution in [2.75, 3.05) is 6.54 Å². The van der Waals surface area contributed by atoms with Gasteiger partial charge in [0.25, 0.3) is 0 Å². The fourth-order valence-electron chi connectivity index (χ4n) is 0.936. The third kappa shape index (κ3) is 1.20. The monoisotopic (exact) mass is 129 g/mol. The highest BCUT2D eigenvalue weighted by Gasteiger charge is 2.27. The second kappa shape index (κ2) is 2.33. The van der Waals surface area contributed by atoms with Crippen molar-refractivity contribution < 1.29 is 4.79 Å². The summed E-state index contributed by atoms with van der Waals surface area (Å²) in [6, 6.07) is -0.231. The first-order chi connectivity index (χ1) is 4.24. The van der Waals surface area contributed by atoms with Crippen LogP contribution >= 0.6 is 0 Å². The maximum Gasteiger partial charge on any atom is 0.237 e. The summed E-state index contributed by atoms with van der Waals surface area (Å²) in [6.07, 6.45) is 0.676. The molecule has 0 radical (unpaired) electrons. The van der Waals surface area contributed by atoms with Crippen molar-refractivity contribution in [3.63, 3.8) is 0 Å². The zero-order valence-corrected chi connectivity index (χ0v) is 5.13. The van der Waals surface area contributed by atoms with Gasteiger partial charge in [0.05, 0.1) is 6.04 Å². The van der Waals surface area contributed by atoms with Gasteiger partial charge in [-0.05, 0) is 6.42 Å². The first-order valence-corrected chi connectivity index (χ1v) is 3.00. The van der Waals surface area contributed by atoms with Gasteiger partial charge in [-0.3, -0.25) is 4.79 Å². The van der Waals surface area contributed by atoms with Crippen molar-refractivity contribution in [2.24, 2.45) is 11.5 Å². The average Bonchev–Trinajstić information content (AvgIpc) is 2.13. The molecule has 2 unspecified atom stereocenters. The summed E-state index contributed by atoms with van der Waals surface area (Å²) in [5.41, 5.74) is 10.7. The van der Waals surface area contributed by atoms with Crippen molar-refractivity contribution in [1.29, 1.82) is 0 Å². The first kappa shape index (κ1) is 6.51. The molecule has 1 fully saturated rings. The number of nitrogens with two attached hydrogens (primary N) is 2. The van der Waals surface area contributed by atoms with Gasteiger partial charge in [-0.2, -0.15) is 0 Å². The van der Waals surface area contributed by atoms with Crippen molar-refractivity contribution in [2.45, 2.75) is 18.5 Å². The molecule has 0 aliphatic carbocycles. The quantitative estimate of drug-likeness (QED) is 0.389. The van der Waals surface area contributed by atoms with E-state index < -0.39 is 0 Å². The molecule has 1 heterocycles. The topological polar surface area (TPSA) is 81.1 Å². The molecule has 0 aromatic heterocycles. The number of hydrogen-bond acceptors (Lipinski definition) is 3. The second-order valence-corrected chi connectivity index (χ2v) is 2.28. The summed E-state index contributed by atoms with van der Waals surface area (Å²) >= 11 is 0. The molecule has 1 rings (SSSR count). The summed E-state index contributed by atoms with van der Waals surface area (Å²) in [5.74, 6) is -0.0783. The molecule has 9 heavy (non-hydrogen) atoms.